The maximum atomic E-state index is 12.6. The molecule has 0 aliphatic carbocycles. The summed E-state index contributed by atoms with van der Waals surface area (Å²) in [4.78, 5) is 12.6. The Morgan fingerprint density at radius 2 is 1.88 bits per heavy atom. The lowest BCUT2D eigenvalue weighted by atomic mass is 10.1. The lowest BCUT2D eigenvalue weighted by molar-refractivity contribution is 0.0938. The van der Waals surface area contributed by atoms with Gasteiger partial charge in [-0.2, -0.15) is 5.10 Å². The fourth-order valence-electron chi connectivity index (χ4n) is 2.92. The fraction of sp³-hybridized carbons (Fsp3) is 0.263. The molecule has 0 fully saturated rings. The molecule has 0 aliphatic heterocycles. The zero-order valence-electron chi connectivity index (χ0n) is 14.4. The monoisotopic (exact) mass is 322 g/mol. The summed E-state index contributed by atoms with van der Waals surface area (Å²) < 4.78 is 3.79. The van der Waals surface area contributed by atoms with Crippen LogP contribution in [0.3, 0.4) is 0 Å². The van der Waals surface area contributed by atoms with E-state index in [0.29, 0.717) is 5.56 Å². The number of benzene rings is 1. The number of carbonyl (C=O) groups excluding carboxylic acids is 1. The number of hydrogen-bond acceptors (Lipinski definition) is 2. The molecule has 24 heavy (non-hydrogen) atoms. The first kappa shape index (κ1) is 16.1. The van der Waals surface area contributed by atoms with Gasteiger partial charge < -0.3 is 9.88 Å². The van der Waals surface area contributed by atoms with E-state index in [-0.39, 0.29) is 11.9 Å². The van der Waals surface area contributed by atoms with Crippen LogP contribution in [0.15, 0.2) is 48.8 Å². The molecule has 0 bridgehead atoms. The SMILES string of the molecule is Cc1nn(C)c(C)c1C(=O)NC(C)c1cccc(-n2cccc2)c1. The second-order valence-electron chi connectivity index (χ2n) is 6.05. The third-order valence-corrected chi connectivity index (χ3v) is 4.36. The summed E-state index contributed by atoms with van der Waals surface area (Å²) in [5.74, 6) is -0.0861. The highest BCUT2D eigenvalue weighted by Gasteiger charge is 2.19. The fourth-order valence-corrected chi connectivity index (χ4v) is 2.92. The van der Waals surface area contributed by atoms with Crippen LogP contribution in [0.1, 0.15) is 40.3 Å². The highest BCUT2D eigenvalue weighted by Crippen LogP contribution is 2.19. The molecule has 3 rings (SSSR count). The molecule has 5 nitrogen and oxygen atoms in total. The summed E-state index contributed by atoms with van der Waals surface area (Å²) in [7, 11) is 1.85. The molecule has 2 aromatic heterocycles. The number of nitrogens with zero attached hydrogens (tertiary/aromatic N) is 3. The smallest absolute Gasteiger partial charge is 0.255 e. The van der Waals surface area contributed by atoms with Crippen LogP contribution in [-0.2, 0) is 7.05 Å². The van der Waals surface area contributed by atoms with Crippen LogP contribution in [0.5, 0.6) is 0 Å². The predicted octanol–water partition coefficient (Wildman–Crippen LogP) is 3.32. The van der Waals surface area contributed by atoms with E-state index in [9.17, 15) is 4.79 Å². The highest BCUT2D eigenvalue weighted by atomic mass is 16.1. The molecule has 5 heteroatoms. The first-order valence-electron chi connectivity index (χ1n) is 8.01. The molecule has 0 saturated heterocycles. The van der Waals surface area contributed by atoms with E-state index in [1.165, 1.54) is 0 Å². The van der Waals surface area contributed by atoms with Crippen molar-refractivity contribution in [2.45, 2.75) is 26.8 Å². The Balaban J connectivity index is 1.81. The van der Waals surface area contributed by atoms with Crippen molar-refractivity contribution in [3.63, 3.8) is 0 Å². The lowest BCUT2D eigenvalue weighted by Crippen LogP contribution is -2.27. The summed E-state index contributed by atoms with van der Waals surface area (Å²) in [5.41, 5.74) is 4.42. The van der Waals surface area contributed by atoms with Crippen LogP contribution >= 0.6 is 0 Å². The van der Waals surface area contributed by atoms with Gasteiger partial charge in [-0.3, -0.25) is 9.48 Å². The maximum Gasteiger partial charge on any atom is 0.255 e. The van der Waals surface area contributed by atoms with Crippen LogP contribution < -0.4 is 5.32 Å². The molecule has 3 aromatic rings. The summed E-state index contributed by atoms with van der Waals surface area (Å²) in [6, 6.07) is 12.1. The molecule has 0 radical (unpaired) electrons. The number of carbonyl (C=O) groups is 1. The number of aromatic nitrogens is 3. The first-order valence-corrected chi connectivity index (χ1v) is 8.01. The van der Waals surface area contributed by atoms with E-state index in [0.717, 1.165) is 22.6 Å². The van der Waals surface area contributed by atoms with Gasteiger partial charge in [0.05, 0.1) is 17.3 Å². The molecule has 1 unspecified atom stereocenters. The number of rotatable bonds is 4. The van der Waals surface area contributed by atoms with E-state index in [4.69, 9.17) is 0 Å². The van der Waals surface area contributed by atoms with Crippen LogP contribution in [0, 0.1) is 13.8 Å². The van der Waals surface area contributed by atoms with E-state index < -0.39 is 0 Å². The van der Waals surface area contributed by atoms with Gasteiger partial charge in [0.15, 0.2) is 0 Å². The van der Waals surface area contributed by atoms with E-state index in [1.54, 1.807) is 4.68 Å². The Morgan fingerprint density at radius 3 is 2.50 bits per heavy atom. The number of amides is 1. The van der Waals surface area contributed by atoms with Crippen molar-refractivity contribution < 1.29 is 4.79 Å². The van der Waals surface area contributed by atoms with E-state index in [1.807, 2.05) is 75.1 Å². The Bertz CT molecular complexity index is 862. The molecule has 0 aliphatic rings. The van der Waals surface area contributed by atoms with E-state index >= 15 is 0 Å². The number of hydrogen-bond donors (Lipinski definition) is 1. The van der Waals surface area contributed by atoms with Gasteiger partial charge >= 0.3 is 0 Å². The first-order chi connectivity index (χ1) is 11.5. The van der Waals surface area contributed by atoms with Crippen molar-refractivity contribution in [2.75, 3.05) is 0 Å². The molecular weight excluding hydrogens is 300 g/mol. The zero-order chi connectivity index (χ0) is 17.3. The average Bonchev–Trinajstić information content (AvgIpc) is 3.16. The lowest BCUT2D eigenvalue weighted by Gasteiger charge is -2.16. The average molecular weight is 322 g/mol. The molecule has 1 atom stereocenters. The van der Waals surface area contributed by atoms with Gasteiger partial charge in [-0.25, -0.2) is 0 Å². The van der Waals surface area contributed by atoms with Gasteiger partial charge in [-0.05, 0) is 50.6 Å². The molecule has 0 spiro atoms. The van der Waals surface area contributed by atoms with E-state index in [2.05, 4.69) is 16.5 Å². The highest BCUT2D eigenvalue weighted by molar-refractivity contribution is 5.96. The Kier molecular flexibility index (Phi) is 4.25. The van der Waals surface area contributed by atoms with Gasteiger partial charge in [0.25, 0.3) is 5.91 Å². The predicted molar refractivity (Wildman–Crippen MR) is 94.3 cm³/mol. The third kappa shape index (κ3) is 2.97. The molecule has 124 valence electrons. The number of nitrogens with one attached hydrogen (secondary N) is 1. The molecule has 0 saturated carbocycles. The topological polar surface area (TPSA) is 51.9 Å². The quantitative estimate of drug-likeness (QED) is 0.801. The van der Waals surface area contributed by atoms with Gasteiger partial charge in [0, 0.05) is 30.8 Å². The molecule has 1 aromatic carbocycles. The largest absolute Gasteiger partial charge is 0.345 e. The van der Waals surface area contributed by atoms with Gasteiger partial charge in [-0.15, -0.1) is 0 Å². The van der Waals surface area contributed by atoms with Crippen molar-refractivity contribution in [3.05, 3.63) is 71.3 Å². The second-order valence-corrected chi connectivity index (χ2v) is 6.05. The summed E-state index contributed by atoms with van der Waals surface area (Å²) in [6.07, 6.45) is 4.01. The van der Waals surface area contributed by atoms with Crippen molar-refractivity contribution >= 4 is 5.91 Å². The van der Waals surface area contributed by atoms with Crippen molar-refractivity contribution in [1.29, 1.82) is 0 Å². The molecule has 1 N–H and O–H groups in total. The Labute approximate surface area is 141 Å². The van der Waals surface area contributed by atoms with Crippen LogP contribution in [0.25, 0.3) is 5.69 Å². The van der Waals surface area contributed by atoms with Crippen molar-refractivity contribution in [1.82, 2.24) is 19.7 Å². The molecule has 2 heterocycles. The summed E-state index contributed by atoms with van der Waals surface area (Å²) in [5, 5.41) is 7.39. The summed E-state index contributed by atoms with van der Waals surface area (Å²) >= 11 is 0. The zero-order valence-corrected chi connectivity index (χ0v) is 14.4. The summed E-state index contributed by atoms with van der Waals surface area (Å²) in [6.45, 7) is 5.76. The van der Waals surface area contributed by atoms with Crippen LogP contribution in [0.4, 0.5) is 0 Å². The van der Waals surface area contributed by atoms with Crippen LogP contribution in [-0.4, -0.2) is 20.3 Å². The Hall–Kier alpha value is -2.82. The van der Waals surface area contributed by atoms with Crippen molar-refractivity contribution in [3.8, 4) is 5.69 Å². The van der Waals surface area contributed by atoms with Gasteiger partial charge in [-0.1, -0.05) is 12.1 Å². The maximum absolute atomic E-state index is 12.6. The Morgan fingerprint density at radius 1 is 1.17 bits per heavy atom. The van der Waals surface area contributed by atoms with Gasteiger partial charge in [0.1, 0.15) is 0 Å². The number of aryl methyl sites for hydroxylation is 2. The second kappa shape index (κ2) is 6.35. The van der Waals surface area contributed by atoms with Gasteiger partial charge in [0.2, 0.25) is 0 Å². The minimum atomic E-state index is -0.0907. The minimum absolute atomic E-state index is 0.0861. The minimum Gasteiger partial charge on any atom is -0.345 e. The van der Waals surface area contributed by atoms with Crippen LogP contribution in [0.2, 0.25) is 0 Å². The molecular formula is C19H22N4O. The standard InChI is InChI=1S/C19H22N4O/c1-13(20-19(24)18-14(2)21-22(4)15(18)3)16-8-7-9-17(12-16)23-10-5-6-11-23/h5-13H,1-4H3,(H,20,24). The third-order valence-electron chi connectivity index (χ3n) is 4.36. The normalized spacial score (nSPS) is 12.2. The van der Waals surface area contributed by atoms with Crippen molar-refractivity contribution in [2.24, 2.45) is 7.05 Å². The molecule has 1 amide bonds.